The number of carbonyl (C=O) groups is 2. The molecule has 2 aromatic rings. The van der Waals surface area contributed by atoms with Crippen LogP contribution in [0.5, 0.6) is 11.5 Å². The molecule has 178 valence electrons. The highest BCUT2D eigenvalue weighted by Gasteiger charge is 2.40. The van der Waals surface area contributed by atoms with Gasteiger partial charge in [0.15, 0.2) is 0 Å². The molecule has 1 heterocycles. The Morgan fingerprint density at radius 2 is 1.58 bits per heavy atom. The van der Waals surface area contributed by atoms with Crippen LogP contribution < -0.4 is 9.47 Å². The molecule has 0 aliphatic carbocycles. The Kier molecular flexibility index (Phi) is 6.79. The van der Waals surface area contributed by atoms with Gasteiger partial charge in [0, 0.05) is 17.5 Å². The van der Waals surface area contributed by atoms with E-state index >= 15 is 0 Å². The standard InChI is InChI=1S/C29H38O4/c1-10-11-12-23(30)32-25-17(2)13-19(14-18(25)3)24-21-15-20(28(4,5)6)16-22(29(7,8)9)26(21)33-27(24)31/h13-16,24H,10-12H2,1-9H3. The van der Waals surface area contributed by atoms with E-state index in [2.05, 4.69) is 53.7 Å². The Morgan fingerprint density at radius 1 is 0.970 bits per heavy atom. The SMILES string of the molecule is CCCCC(=O)Oc1c(C)cc(C2C(=O)Oc3c2cc(C(C)(C)C)cc3C(C)(C)C)cc1C. The first-order valence-corrected chi connectivity index (χ1v) is 12.0. The lowest BCUT2D eigenvalue weighted by Crippen LogP contribution is -2.17. The smallest absolute Gasteiger partial charge is 0.323 e. The fourth-order valence-corrected chi connectivity index (χ4v) is 4.37. The van der Waals surface area contributed by atoms with Gasteiger partial charge in [-0.1, -0.05) is 79.2 Å². The number of ether oxygens (including phenoxy) is 2. The Balaban J connectivity index is 2.09. The lowest BCUT2D eigenvalue weighted by molar-refractivity contribution is -0.135. The van der Waals surface area contributed by atoms with Crippen molar-refractivity contribution in [1.29, 1.82) is 0 Å². The molecule has 0 radical (unpaired) electrons. The van der Waals surface area contributed by atoms with Gasteiger partial charge in [0.2, 0.25) is 0 Å². The summed E-state index contributed by atoms with van der Waals surface area (Å²) in [5.74, 6) is 0.311. The average Bonchev–Trinajstić information content (AvgIpc) is 3.02. The Labute approximate surface area is 198 Å². The molecule has 4 heteroatoms. The number of unbranched alkanes of at least 4 members (excludes halogenated alkanes) is 1. The summed E-state index contributed by atoms with van der Waals surface area (Å²) in [6.07, 6.45) is 2.17. The summed E-state index contributed by atoms with van der Waals surface area (Å²) in [4.78, 5) is 25.4. The van der Waals surface area contributed by atoms with Crippen molar-refractivity contribution < 1.29 is 19.1 Å². The highest BCUT2D eigenvalue weighted by atomic mass is 16.5. The van der Waals surface area contributed by atoms with Crippen LogP contribution >= 0.6 is 0 Å². The number of carbonyl (C=O) groups excluding carboxylic acids is 2. The van der Waals surface area contributed by atoms with Gasteiger partial charge in [0.1, 0.15) is 17.4 Å². The van der Waals surface area contributed by atoms with Crippen LogP contribution in [0.25, 0.3) is 0 Å². The monoisotopic (exact) mass is 450 g/mol. The van der Waals surface area contributed by atoms with Gasteiger partial charge < -0.3 is 9.47 Å². The fraction of sp³-hybridized carbons (Fsp3) is 0.517. The minimum absolute atomic E-state index is 0.0619. The highest BCUT2D eigenvalue weighted by molar-refractivity contribution is 5.90. The largest absolute Gasteiger partial charge is 0.426 e. The van der Waals surface area contributed by atoms with Crippen molar-refractivity contribution in [2.75, 3.05) is 0 Å². The molecule has 4 nitrogen and oxygen atoms in total. The molecular formula is C29H38O4. The van der Waals surface area contributed by atoms with Gasteiger partial charge in [0.05, 0.1) is 0 Å². The van der Waals surface area contributed by atoms with E-state index in [9.17, 15) is 9.59 Å². The summed E-state index contributed by atoms with van der Waals surface area (Å²) in [6.45, 7) is 18.9. The second-order valence-corrected chi connectivity index (χ2v) is 11.4. The molecule has 0 saturated heterocycles. The summed E-state index contributed by atoms with van der Waals surface area (Å²) in [7, 11) is 0. The Hall–Kier alpha value is -2.62. The molecule has 33 heavy (non-hydrogen) atoms. The van der Waals surface area contributed by atoms with Gasteiger partial charge in [-0.2, -0.15) is 0 Å². The van der Waals surface area contributed by atoms with E-state index in [1.165, 1.54) is 5.56 Å². The van der Waals surface area contributed by atoms with Crippen LogP contribution in [0.15, 0.2) is 24.3 Å². The molecule has 0 saturated carbocycles. The highest BCUT2D eigenvalue weighted by Crippen LogP contribution is 2.47. The van der Waals surface area contributed by atoms with E-state index in [1.807, 2.05) is 32.9 Å². The number of benzene rings is 2. The normalized spacial score (nSPS) is 15.9. The van der Waals surface area contributed by atoms with Crippen molar-refractivity contribution in [2.45, 2.75) is 98.3 Å². The van der Waals surface area contributed by atoms with Gasteiger partial charge >= 0.3 is 11.9 Å². The third kappa shape index (κ3) is 5.15. The van der Waals surface area contributed by atoms with Crippen molar-refractivity contribution in [3.63, 3.8) is 0 Å². The van der Waals surface area contributed by atoms with E-state index in [1.54, 1.807) is 0 Å². The molecule has 0 bridgehead atoms. The van der Waals surface area contributed by atoms with Crippen molar-refractivity contribution in [3.8, 4) is 11.5 Å². The van der Waals surface area contributed by atoms with Gasteiger partial charge in [-0.25, -0.2) is 0 Å². The number of fused-ring (bicyclic) bond motifs is 1. The van der Waals surface area contributed by atoms with Crippen LogP contribution in [-0.2, 0) is 20.4 Å². The molecule has 0 spiro atoms. The van der Waals surface area contributed by atoms with E-state index in [0.29, 0.717) is 17.9 Å². The second kappa shape index (κ2) is 8.96. The zero-order chi connectivity index (χ0) is 24.7. The number of aryl methyl sites for hydroxylation is 2. The molecule has 0 aromatic heterocycles. The zero-order valence-electron chi connectivity index (χ0n) is 21.6. The van der Waals surface area contributed by atoms with Crippen LogP contribution in [0.3, 0.4) is 0 Å². The lowest BCUT2D eigenvalue weighted by atomic mass is 9.77. The van der Waals surface area contributed by atoms with Crippen LogP contribution in [0.2, 0.25) is 0 Å². The molecule has 2 aromatic carbocycles. The summed E-state index contributed by atoms with van der Waals surface area (Å²) in [5.41, 5.74) is 5.49. The molecule has 0 N–H and O–H groups in total. The number of hydrogen-bond acceptors (Lipinski definition) is 4. The molecule has 0 amide bonds. The van der Waals surface area contributed by atoms with E-state index in [0.717, 1.165) is 40.7 Å². The quantitative estimate of drug-likeness (QED) is 0.362. The van der Waals surface area contributed by atoms with Gasteiger partial charge in [-0.05, 0) is 53.4 Å². The molecule has 1 aliphatic heterocycles. The third-order valence-corrected chi connectivity index (χ3v) is 6.31. The fourth-order valence-electron chi connectivity index (χ4n) is 4.37. The summed E-state index contributed by atoms with van der Waals surface area (Å²) < 4.78 is 11.6. The predicted octanol–water partition coefficient (Wildman–Crippen LogP) is 7.04. The Bertz CT molecular complexity index is 1060. The summed E-state index contributed by atoms with van der Waals surface area (Å²) >= 11 is 0. The van der Waals surface area contributed by atoms with Crippen LogP contribution in [-0.4, -0.2) is 11.9 Å². The van der Waals surface area contributed by atoms with E-state index in [-0.39, 0.29) is 22.8 Å². The lowest BCUT2D eigenvalue weighted by Gasteiger charge is -2.27. The molecular weight excluding hydrogens is 412 g/mol. The number of rotatable bonds is 5. The second-order valence-electron chi connectivity index (χ2n) is 11.4. The molecule has 1 atom stereocenters. The van der Waals surface area contributed by atoms with Gasteiger partial charge in [-0.15, -0.1) is 0 Å². The first kappa shape index (κ1) is 25.0. The van der Waals surface area contributed by atoms with Crippen molar-refractivity contribution in [1.82, 2.24) is 0 Å². The minimum Gasteiger partial charge on any atom is -0.426 e. The number of esters is 2. The van der Waals surface area contributed by atoms with Gasteiger partial charge in [0.25, 0.3) is 0 Å². The first-order chi connectivity index (χ1) is 15.2. The first-order valence-electron chi connectivity index (χ1n) is 12.0. The average molecular weight is 451 g/mol. The van der Waals surface area contributed by atoms with Crippen molar-refractivity contribution >= 4 is 11.9 Å². The topological polar surface area (TPSA) is 52.6 Å². The van der Waals surface area contributed by atoms with Gasteiger partial charge in [-0.3, -0.25) is 9.59 Å². The molecule has 1 aliphatic rings. The molecule has 0 fully saturated rings. The zero-order valence-corrected chi connectivity index (χ0v) is 21.6. The van der Waals surface area contributed by atoms with E-state index < -0.39 is 5.92 Å². The molecule has 3 rings (SSSR count). The number of hydrogen-bond donors (Lipinski definition) is 0. The summed E-state index contributed by atoms with van der Waals surface area (Å²) in [5, 5.41) is 0. The predicted molar refractivity (Wildman–Crippen MR) is 132 cm³/mol. The van der Waals surface area contributed by atoms with Crippen LogP contribution in [0.1, 0.15) is 107 Å². The minimum atomic E-state index is -0.495. The van der Waals surface area contributed by atoms with Crippen LogP contribution in [0.4, 0.5) is 0 Å². The van der Waals surface area contributed by atoms with E-state index in [4.69, 9.17) is 9.47 Å². The summed E-state index contributed by atoms with van der Waals surface area (Å²) in [6, 6.07) is 8.22. The molecule has 1 unspecified atom stereocenters. The maximum absolute atomic E-state index is 13.2. The van der Waals surface area contributed by atoms with Crippen LogP contribution in [0, 0.1) is 13.8 Å². The maximum Gasteiger partial charge on any atom is 0.323 e. The van der Waals surface area contributed by atoms with Crippen molar-refractivity contribution in [2.24, 2.45) is 0 Å². The Morgan fingerprint density at radius 3 is 2.09 bits per heavy atom. The maximum atomic E-state index is 13.2. The van der Waals surface area contributed by atoms with Crippen molar-refractivity contribution in [3.05, 3.63) is 57.6 Å². The third-order valence-electron chi connectivity index (χ3n) is 6.31.